The summed E-state index contributed by atoms with van der Waals surface area (Å²) in [6, 6.07) is 8.08. The van der Waals surface area contributed by atoms with Crippen LogP contribution in [-0.2, 0) is 19.6 Å². The predicted molar refractivity (Wildman–Crippen MR) is 99.5 cm³/mol. The van der Waals surface area contributed by atoms with E-state index >= 15 is 0 Å². The summed E-state index contributed by atoms with van der Waals surface area (Å²) < 4.78 is 0. The molecular formula is C17H19N5OS2. The van der Waals surface area contributed by atoms with Crippen LogP contribution in [0.1, 0.15) is 30.9 Å². The van der Waals surface area contributed by atoms with Crippen molar-refractivity contribution < 1.29 is 4.79 Å². The smallest absolute Gasteiger partial charge is 0.282 e. The summed E-state index contributed by atoms with van der Waals surface area (Å²) in [7, 11) is 2.00. The van der Waals surface area contributed by atoms with Crippen LogP contribution in [0.2, 0.25) is 0 Å². The van der Waals surface area contributed by atoms with E-state index in [4.69, 9.17) is 0 Å². The molecule has 1 amide bonds. The highest BCUT2D eigenvalue weighted by molar-refractivity contribution is 7.13. The maximum Gasteiger partial charge on any atom is 0.282 e. The minimum absolute atomic E-state index is 0.188. The average Bonchev–Trinajstić information content (AvgIpc) is 3.26. The van der Waals surface area contributed by atoms with Crippen LogP contribution >= 0.6 is 22.7 Å². The molecule has 0 radical (unpaired) electrons. The van der Waals surface area contributed by atoms with Crippen molar-refractivity contribution in [2.75, 3.05) is 7.05 Å². The summed E-state index contributed by atoms with van der Waals surface area (Å²) in [5.74, 6) is -0.188. The SMILES string of the molecule is Cc1ccc(CNC(=O)c2nnc(CN(C)Cc3nccs3)s2)cc1. The number of aromatic nitrogens is 3. The zero-order valence-electron chi connectivity index (χ0n) is 14.1. The standard InChI is InChI=1S/C17H19N5OS2/c1-12-3-5-13(6-4-12)9-19-16(23)17-21-20-15(25-17)11-22(2)10-14-18-7-8-24-14/h3-8H,9-11H2,1-2H3,(H,19,23). The van der Waals surface area contributed by atoms with E-state index in [1.807, 2.05) is 43.6 Å². The molecule has 0 aliphatic rings. The number of nitrogens with one attached hydrogen (secondary N) is 1. The normalized spacial score (nSPS) is 11.0. The van der Waals surface area contributed by atoms with E-state index in [9.17, 15) is 4.79 Å². The van der Waals surface area contributed by atoms with Gasteiger partial charge in [0.15, 0.2) is 0 Å². The molecule has 6 nitrogen and oxygen atoms in total. The van der Waals surface area contributed by atoms with Crippen molar-refractivity contribution in [3.05, 3.63) is 62.0 Å². The van der Waals surface area contributed by atoms with Crippen molar-refractivity contribution in [1.29, 1.82) is 0 Å². The molecule has 0 saturated carbocycles. The Balaban J connectivity index is 1.51. The molecule has 0 atom stereocenters. The van der Waals surface area contributed by atoms with Crippen LogP contribution < -0.4 is 5.32 Å². The average molecular weight is 374 g/mol. The van der Waals surface area contributed by atoms with Gasteiger partial charge < -0.3 is 5.32 Å². The second-order valence-electron chi connectivity index (χ2n) is 5.77. The molecule has 3 aromatic rings. The largest absolute Gasteiger partial charge is 0.346 e. The maximum atomic E-state index is 12.2. The maximum absolute atomic E-state index is 12.2. The highest BCUT2D eigenvalue weighted by Gasteiger charge is 2.14. The van der Waals surface area contributed by atoms with Gasteiger partial charge in [0.25, 0.3) is 5.91 Å². The molecule has 25 heavy (non-hydrogen) atoms. The number of thiazole rings is 1. The van der Waals surface area contributed by atoms with Crippen molar-refractivity contribution in [3.63, 3.8) is 0 Å². The lowest BCUT2D eigenvalue weighted by atomic mass is 10.1. The fraction of sp³-hybridized carbons (Fsp3) is 0.294. The molecule has 0 aliphatic carbocycles. The monoisotopic (exact) mass is 373 g/mol. The Kier molecular flexibility index (Phi) is 5.85. The van der Waals surface area contributed by atoms with Gasteiger partial charge in [0.2, 0.25) is 5.01 Å². The first-order valence-electron chi connectivity index (χ1n) is 7.83. The summed E-state index contributed by atoms with van der Waals surface area (Å²) in [6.07, 6.45) is 1.80. The Bertz CT molecular complexity index is 814. The lowest BCUT2D eigenvalue weighted by Crippen LogP contribution is -2.22. The molecule has 3 rings (SSSR count). The highest BCUT2D eigenvalue weighted by atomic mass is 32.1. The first-order chi connectivity index (χ1) is 12.1. The van der Waals surface area contributed by atoms with Gasteiger partial charge in [-0.05, 0) is 19.5 Å². The quantitative estimate of drug-likeness (QED) is 0.689. The van der Waals surface area contributed by atoms with E-state index < -0.39 is 0 Å². The lowest BCUT2D eigenvalue weighted by Gasteiger charge is -2.12. The molecule has 0 aliphatic heterocycles. The number of hydrogen-bond donors (Lipinski definition) is 1. The Morgan fingerprint density at radius 3 is 2.64 bits per heavy atom. The van der Waals surface area contributed by atoms with E-state index in [-0.39, 0.29) is 5.91 Å². The summed E-state index contributed by atoms with van der Waals surface area (Å²) in [6.45, 7) is 3.92. The minimum atomic E-state index is -0.188. The third-order valence-electron chi connectivity index (χ3n) is 3.53. The van der Waals surface area contributed by atoms with Gasteiger partial charge in [-0.15, -0.1) is 21.5 Å². The van der Waals surface area contributed by atoms with Gasteiger partial charge in [0.1, 0.15) is 10.0 Å². The molecule has 130 valence electrons. The predicted octanol–water partition coefficient (Wildman–Crippen LogP) is 2.87. The van der Waals surface area contributed by atoms with E-state index in [1.165, 1.54) is 16.9 Å². The summed E-state index contributed by atoms with van der Waals surface area (Å²) in [4.78, 5) is 18.6. The molecule has 8 heteroatoms. The lowest BCUT2D eigenvalue weighted by molar-refractivity contribution is 0.0950. The highest BCUT2D eigenvalue weighted by Crippen LogP contribution is 2.14. The van der Waals surface area contributed by atoms with Crippen LogP contribution in [-0.4, -0.2) is 33.0 Å². The third kappa shape index (κ3) is 5.15. The van der Waals surface area contributed by atoms with Crippen LogP contribution in [0.4, 0.5) is 0 Å². The van der Waals surface area contributed by atoms with Crippen LogP contribution in [0, 0.1) is 6.92 Å². The fourth-order valence-corrected chi connectivity index (χ4v) is 3.75. The molecule has 0 unspecified atom stereocenters. The zero-order chi connectivity index (χ0) is 17.6. The summed E-state index contributed by atoms with van der Waals surface area (Å²) in [5.41, 5.74) is 2.26. The second kappa shape index (κ2) is 8.28. The van der Waals surface area contributed by atoms with E-state index in [1.54, 1.807) is 17.5 Å². The van der Waals surface area contributed by atoms with Crippen molar-refractivity contribution in [2.45, 2.75) is 26.6 Å². The molecule has 2 heterocycles. The second-order valence-corrected chi connectivity index (χ2v) is 7.81. The fourth-order valence-electron chi connectivity index (χ4n) is 2.22. The number of carbonyl (C=O) groups is 1. The summed E-state index contributed by atoms with van der Waals surface area (Å²) >= 11 is 2.95. The molecule has 0 saturated heterocycles. The molecule has 0 spiro atoms. The van der Waals surface area contributed by atoms with Gasteiger partial charge in [-0.25, -0.2) is 4.98 Å². The van der Waals surface area contributed by atoms with Crippen molar-refractivity contribution in [2.24, 2.45) is 0 Å². The summed E-state index contributed by atoms with van der Waals surface area (Å²) in [5, 5.41) is 15.2. The zero-order valence-corrected chi connectivity index (χ0v) is 15.7. The van der Waals surface area contributed by atoms with Crippen LogP contribution in [0.5, 0.6) is 0 Å². The van der Waals surface area contributed by atoms with Gasteiger partial charge in [-0.1, -0.05) is 41.2 Å². The Morgan fingerprint density at radius 2 is 1.92 bits per heavy atom. The third-order valence-corrected chi connectivity index (χ3v) is 5.20. The first kappa shape index (κ1) is 17.7. The molecule has 0 fully saturated rings. The molecular weight excluding hydrogens is 354 g/mol. The van der Waals surface area contributed by atoms with Crippen molar-refractivity contribution in [1.82, 2.24) is 25.4 Å². The van der Waals surface area contributed by atoms with Crippen molar-refractivity contribution in [3.8, 4) is 0 Å². The van der Waals surface area contributed by atoms with Crippen molar-refractivity contribution >= 4 is 28.6 Å². The number of aryl methyl sites for hydroxylation is 1. The van der Waals surface area contributed by atoms with Gasteiger partial charge in [0.05, 0.1) is 13.1 Å². The molecule has 0 bridgehead atoms. The first-order valence-corrected chi connectivity index (χ1v) is 9.53. The number of nitrogens with zero attached hydrogens (tertiary/aromatic N) is 4. The van der Waals surface area contributed by atoms with Crippen LogP contribution in [0.25, 0.3) is 0 Å². The van der Waals surface area contributed by atoms with Gasteiger partial charge in [0, 0.05) is 18.1 Å². The Labute approximate surface area is 154 Å². The molecule has 2 aromatic heterocycles. The number of hydrogen-bond acceptors (Lipinski definition) is 7. The molecule has 1 N–H and O–H groups in total. The van der Waals surface area contributed by atoms with E-state index in [0.717, 1.165) is 22.1 Å². The minimum Gasteiger partial charge on any atom is -0.346 e. The van der Waals surface area contributed by atoms with Gasteiger partial charge in [-0.2, -0.15) is 0 Å². The topological polar surface area (TPSA) is 71.0 Å². The van der Waals surface area contributed by atoms with Gasteiger partial charge >= 0.3 is 0 Å². The number of rotatable bonds is 7. The molecule has 1 aromatic carbocycles. The number of amides is 1. The van der Waals surface area contributed by atoms with E-state index in [2.05, 4.69) is 25.4 Å². The van der Waals surface area contributed by atoms with Crippen LogP contribution in [0.3, 0.4) is 0 Å². The Morgan fingerprint density at radius 1 is 1.16 bits per heavy atom. The number of benzene rings is 1. The number of carbonyl (C=O) groups excluding carboxylic acids is 1. The Hall–Kier alpha value is -2.16. The van der Waals surface area contributed by atoms with E-state index in [0.29, 0.717) is 18.1 Å². The van der Waals surface area contributed by atoms with Crippen LogP contribution in [0.15, 0.2) is 35.8 Å². The van der Waals surface area contributed by atoms with Gasteiger partial charge in [-0.3, -0.25) is 9.69 Å².